The summed E-state index contributed by atoms with van der Waals surface area (Å²) >= 11 is 0. The molecule has 1 heterocycles. The normalized spacial score (nSPS) is 19.5. The molecule has 1 aromatic rings. The second kappa shape index (κ2) is 6.65. The Labute approximate surface area is 121 Å². The summed E-state index contributed by atoms with van der Waals surface area (Å²) in [5.74, 6) is -4.01. The van der Waals surface area contributed by atoms with Gasteiger partial charge in [-0.25, -0.2) is 21.6 Å². The molecule has 2 rings (SSSR count). The molecule has 0 bridgehead atoms. The van der Waals surface area contributed by atoms with Crippen molar-refractivity contribution in [3.8, 4) is 0 Å². The van der Waals surface area contributed by atoms with E-state index in [1.165, 1.54) is 0 Å². The van der Waals surface area contributed by atoms with E-state index in [0.29, 0.717) is 18.6 Å². The average Bonchev–Trinajstić information content (AvgIpc) is 2.44. The summed E-state index contributed by atoms with van der Waals surface area (Å²) in [5, 5.41) is 3.21. The van der Waals surface area contributed by atoms with Crippen LogP contribution < -0.4 is 10.0 Å². The van der Waals surface area contributed by atoms with Crippen LogP contribution in [0.2, 0.25) is 0 Å². The maximum atomic E-state index is 13.4. The van der Waals surface area contributed by atoms with E-state index in [0.717, 1.165) is 25.8 Å². The number of anilines is 1. The standard InChI is InChI=1S/C13H17F3N2O2S/c14-10-7-12(16)13(8-11(10)15)18-21(19,20)6-4-9-3-1-2-5-17-9/h7-9,17-18H,1-6H2. The number of halogens is 3. The minimum absolute atomic E-state index is 0.116. The minimum atomic E-state index is -3.81. The van der Waals surface area contributed by atoms with Crippen molar-refractivity contribution >= 4 is 15.7 Å². The summed E-state index contributed by atoms with van der Waals surface area (Å²) in [7, 11) is -3.81. The topological polar surface area (TPSA) is 58.2 Å². The second-order valence-electron chi connectivity index (χ2n) is 5.10. The Balaban J connectivity index is 1.98. The molecule has 0 aromatic heterocycles. The van der Waals surface area contributed by atoms with Gasteiger partial charge in [-0.3, -0.25) is 4.72 Å². The molecule has 4 nitrogen and oxygen atoms in total. The first-order valence-corrected chi connectivity index (χ1v) is 8.41. The van der Waals surface area contributed by atoms with Crippen molar-refractivity contribution in [2.45, 2.75) is 31.7 Å². The van der Waals surface area contributed by atoms with Crippen LogP contribution in [0.5, 0.6) is 0 Å². The zero-order valence-electron chi connectivity index (χ0n) is 11.3. The Bertz CT molecular complexity index is 602. The van der Waals surface area contributed by atoms with Crippen molar-refractivity contribution in [3.63, 3.8) is 0 Å². The number of rotatable bonds is 5. The molecule has 1 aromatic carbocycles. The number of sulfonamides is 1. The van der Waals surface area contributed by atoms with Gasteiger partial charge in [0.25, 0.3) is 0 Å². The van der Waals surface area contributed by atoms with E-state index in [1.54, 1.807) is 0 Å². The molecule has 0 spiro atoms. The molecule has 0 radical (unpaired) electrons. The van der Waals surface area contributed by atoms with E-state index in [4.69, 9.17) is 0 Å². The average molecular weight is 322 g/mol. The lowest BCUT2D eigenvalue weighted by Gasteiger charge is -2.23. The van der Waals surface area contributed by atoms with Gasteiger partial charge in [-0.15, -0.1) is 0 Å². The predicted molar refractivity (Wildman–Crippen MR) is 74.0 cm³/mol. The zero-order chi connectivity index (χ0) is 15.5. The Morgan fingerprint density at radius 2 is 1.86 bits per heavy atom. The van der Waals surface area contributed by atoms with Gasteiger partial charge in [-0.1, -0.05) is 6.42 Å². The molecule has 1 atom stereocenters. The van der Waals surface area contributed by atoms with Gasteiger partial charge in [-0.05, 0) is 25.8 Å². The van der Waals surface area contributed by atoms with Gasteiger partial charge in [0.15, 0.2) is 11.6 Å². The third-order valence-corrected chi connectivity index (χ3v) is 4.73. The molecule has 1 fully saturated rings. The molecule has 1 aliphatic heterocycles. The SMILES string of the molecule is O=S(=O)(CCC1CCCCN1)Nc1cc(F)c(F)cc1F. The van der Waals surface area contributed by atoms with Crippen LogP contribution in [0.25, 0.3) is 0 Å². The highest BCUT2D eigenvalue weighted by atomic mass is 32.2. The van der Waals surface area contributed by atoms with Crippen LogP contribution >= 0.6 is 0 Å². The highest BCUT2D eigenvalue weighted by Crippen LogP contribution is 2.20. The first kappa shape index (κ1) is 16.1. The number of nitrogens with one attached hydrogen (secondary N) is 2. The lowest BCUT2D eigenvalue weighted by Crippen LogP contribution is -2.36. The van der Waals surface area contributed by atoms with E-state index in [-0.39, 0.29) is 11.8 Å². The van der Waals surface area contributed by atoms with E-state index in [9.17, 15) is 21.6 Å². The third kappa shape index (κ3) is 4.60. The summed E-state index contributed by atoms with van der Waals surface area (Å²) in [4.78, 5) is 0. The van der Waals surface area contributed by atoms with Crippen molar-refractivity contribution in [1.29, 1.82) is 0 Å². The lowest BCUT2D eigenvalue weighted by molar-refractivity contribution is 0.393. The van der Waals surface area contributed by atoms with Crippen LogP contribution in [0.15, 0.2) is 12.1 Å². The maximum Gasteiger partial charge on any atom is 0.232 e. The van der Waals surface area contributed by atoms with Gasteiger partial charge in [0.1, 0.15) is 5.82 Å². The summed E-state index contributed by atoms with van der Waals surface area (Å²) in [6.45, 7) is 0.857. The number of hydrogen-bond acceptors (Lipinski definition) is 3. The van der Waals surface area contributed by atoms with Gasteiger partial charge >= 0.3 is 0 Å². The van der Waals surface area contributed by atoms with E-state index in [2.05, 4.69) is 5.32 Å². The Morgan fingerprint density at radius 3 is 2.52 bits per heavy atom. The maximum absolute atomic E-state index is 13.4. The fourth-order valence-corrected chi connectivity index (χ4v) is 3.48. The van der Waals surface area contributed by atoms with Crippen LogP contribution in [0.4, 0.5) is 18.9 Å². The van der Waals surface area contributed by atoms with Crippen LogP contribution in [0, 0.1) is 17.5 Å². The van der Waals surface area contributed by atoms with Crippen LogP contribution in [0.3, 0.4) is 0 Å². The first-order valence-electron chi connectivity index (χ1n) is 6.76. The minimum Gasteiger partial charge on any atom is -0.314 e. The van der Waals surface area contributed by atoms with Gasteiger partial charge in [0.2, 0.25) is 10.0 Å². The number of benzene rings is 1. The molecular weight excluding hydrogens is 305 g/mol. The molecule has 0 saturated carbocycles. The van der Waals surface area contributed by atoms with E-state index < -0.39 is 33.2 Å². The highest BCUT2D eigenvalue weighted by molar-refractivity contribution is 7.92. The van der Waals surface area contributed by atoms with Crippen LogP contribution in [0.1, 0.15) is 25.7 Å². The van der Waals surface area contributed by atoms with Crippen LogP contribution in [-0.2, 0) is 10.0 Å². The Hall–Kier alpha value is -1.28. The predicted octanol–water partition coefficient (Wildman–Crippen LogP) is 2.38. The second-order valence-corrected chi connectivity index (χ2v) is 6.94. The van der Waals surface area contributed by atoms with Crippen LogP contribution in [-0.4, -0.2) is 26.8 Å². The molecule has 0 aliphatic carbocycles. The number of hydrogen-bond donors (Lipinski definition) is 2. The smallest absolute Gasteiger partial charge is 0.232 e. The van der Waals surface area contributed by atoms with Gasteiger partial charge in [-0.2, -0.15) is 0 Å². The summed E-state index contributed by atoms with van der Waals surface area (Å²) in [5.41, 5.74) is -0.578. The zero-order valence-corrected chi connectivity index (χ0v) is 12.1. The summed E-state index contributed by atoms with van der Waals surface area (Å²) in [6.07, 6.45) is 3.40. The Morgan fingerprint density at radius 1 is 1.14 bits per heavy atom. The lowest BCUT2D eigenvalue weighted by atomic mass is 10.0. The van der Waals surface area contributed by atoms with Gasteiger partial charge in [0, 0.05) is 18.2 Å². The molecule has 21 heavy (non-hydrogen) atoms. The van der Waals surface area contributed by atoms with Crippen molar-refractivity contribution in [3.05, 3.63) is 29.6 Å². The third-order valence-electron chi connectivity index (χ3n) is 3.42. The van der Waals surface area contributed by atoms with Gasteiger partial charge < -0.3 is 5.32 Å². The fraction of sp³-hybridized carbons (Fsp3) is 0.538. The molecule has 2 N–H and O–H groups in total. The molecule has 1 unspecified atom stereocenters. The quantitative estimate of drug-likeness (QED) is 0.818. The highest BCUT2D eigenvalue weighted by Gasteiger charge is 2.19. The monoisotopic (exact) mass is 322 g/mol. The molecular formula is C13H17F3N2O2S. The molecule has 118 valence electrons. The molecule has 1 saturated heterocycles. The molecule has 1 aliphatic rings. The van der Waals surface area contributed by atoms with Gasteiger partial charge in [0.05, 0.1) is 11.4 Å². The number of piperidine rings is 1. The van der Waals surface area contributed by atoms with Crippen molar-refractivity contribution in [1.82, 2.24) is 5.32 Å². The van der Waals surface area contributed by atoms with E-state index >= 15 is 0 Å². The summed E-state index contributed by atoms with van der Waals surface area (Å²) in [6, 6.07) is 0.932. The molecule has 8 heteroatoms. The van der Waals surface area contributed by atoms with E-state index in [1.807, 2.05) is 4.72 Å². The first-order chi connectivity index (χ1) is 9.87. The largest absolute Gasteiger partial charge is 0.314 e. The Kier molecular flexibility index (Phi) is 5.10. The summed E-state index contributed by atoms with van der Waals surface area (Å²) < 4.78 is 64.9. The fourth-order valence-electron chi connectivity index (χ4n) is 2.29. The van der Waals surface area contributed by atoms with Crippen molar-refractivity contribution in [2.24, 2.45) is 0 Å². The van der Waals surface area contributed by atoms with Crippen molar-refractivity contribution in [2.75, 3.05) is 17.0 Å². The molecule has 0 amide bonds. The van der Waals surface area contributed by atoms with Crippen molar-refractivity contribution < 1.29 is 21.6 Å².